The van der Waals surface area contributed by atoms with Crippen molar-refractivity contribution in [3.8, 4) is 33.9 Å². The molecule has 1 aromatic heterocycles. The molecule has 0 fully saturated rings. The molecule has 0 amide bonds. The van der Waals surface area contributed by atoms with E-state index in [-0.39, 0.29) is 5.43 Å². The summed E-state index contributed by atoms with van der Waals surface area (Å²) in [5.41, 5.74) is 3.49. The predicted octanol–water partition coefficient (Wildman–Crippen LogP) is 3.26. The highest BCUT2D eigenvalue weighted by Crippen LogP contribution is 2.52. The molecule has 1 aliphatic rings. The lowest BCUT2D eigenvalue weighted by molar-refractivity contribution is 0.357. The van der Waals surface area contributed by atoms with E-state index in [1.165, 1.54) is 0 Å². The third-order valence-electron chi connectivity index (χ3n) is 4.02. The Kier molecular flexibility index (Phi) is 2.66. The van der Waals surface area contributed by atoms with Crippen molar-refractivity contribution >= 4 is 10.8 Å². The number of hydrogen-bond donors (Lipinski definition) is 0. The molecule has 4 rings (SSSR count). The number of methoxy groups -OCH3 is 2. The molecular weight excluding hydrogens is 278 g/mol. The molecule has 4 nitrogen and oxygen atoms in total. The SMILES string of the molecule is COc1cc2ccnc3c2c(c1OC)-c1cccc(=O)cc1-3. The van der Waals surface area contributed by atoms with Gasteiger partial charge in [-0.3, -0.25) is 9.78 Å². The quantitative estimate of drug-likeness (QED) is 0.569. The smallest absolute Gasteiger partial charge is 0.179 e. The van der Waals surface area contributed by atoms with Crippen molar-refractivity contribution in [2.75, 3.05) is 14.2 Å². The van der Waals surface area contributed by atoms with E-state index in [2.05, 4.69) is 4.98 Å². The Hall–Kier alpha value is -2.88. The van der Waals surface area contributed by atoms with Crippen LogP contribution < -0.4 is 14.9 Å². The van der Waals surface area contributed by atoms with E-state index in [0.29, 0.717) is 11.5 Å². The number of benzene rings is 1. The normalized spacial score (nSPS) is 11.4. The Labute approximate surface area is 127 Å². The zero-order valence-corrected chi connectivity index (χ0v) is 12.2. The van der Waals surface area contributed by atoms with Crippen molar-refractivity contribution in [3.63, 3.8) is 0 Å². The van der Waals surface area contributed by atoms with Gasteiger partial charge < -0.3 is 9.47 Å². The van der Waals surface area contributed by atoms with Gasteiger partial charge in [-0.2, -0.15) is 0 Å². The molecule has 0 aliphatic heterocycles. The number of hydrogen-bond acceptors (Lipinski definition) is 4. The van der Waals surface area contributed by atoms with Gasteiger partial charge in [0.2, 0.25) is 0 Å². The van der Waals surface area contributed by atoms with Crippen LogP contribution in [0.4, 0.5) is 0 Å². The van der Waals surface area contributed by atoms with Gasteiger partial charge in [0, 0.05) is 22.7 Å². The van der Waals surface area contributed by atoms with Gasteiger partial charge in [-0.05, 0) is 35.2 Å². The first-order chi connectivity index (χ1) is 10.7. The standard InChI is InChI=1S/C18H13NO3/c1-21-14-8-10-6-7-19-17-13-9-11(20)4-3-5-12(13)16(15(10)17)18(14)22-2/h3-9H,1-2H3. The summed E-state index contributed by atoms with van der Waals surface area (Å²) in [6.45, 7) is 0. The summed E-state index contributed by atoms with van der Waals surface area (Å²) in [5.74, 6) is 1.34. The minimum atomic E-state index is -0.0428. The van der Waals surface area contributed by atoms with E-state index in [9.17, 15) is 4.79 Å². The van der Waals surface area contributed by atoms with E-state index >= 15 is 0 Å². The van der Waals surface area contributed by atoms with E-state index < -0.39 is 0 Å². The second-order valence-electron chi connectivity index (χ2n) is 5.14. The van der Waals surface area contributed by atoms with Crippen LogP contribution in [0.15, 0.2) is 47.4 Å². The molecule has 22 heavy (non-hydrogen) atoms. The lowest BCUT2D eigenvalue weighted by Crippen LogP contribution is -1.93. The first-order valence-electron chi connectivity index (χ1n) is 6.93. The molecule has 0 atom stereocenters. The Bertz CT molecular complexity index is 980. The maximum absolute atomic E-state index is 11.9. The summed E-state index contributed by atoms with van der Waals surface area (Å²) in [4.78, 5) is 16.4. The van der Waals surface area contributed by atoms with Crippen LogP contribution in [0.3, 0.4) is 0 Å². The van der Waals surface area contributed by atoms with Crippen molar-refractivity contribution in [1.82, 2.24) is 4.98 Å². The van der Waals surface area contributed by atoms with E-state index in [1.54, 1.807) is 38.6 Å². The molecule has 1 aliphatic carbocycles. The first-order valence-corrected chi connectivity index (χ1v) is 6.93. The van der Waals surface area contributed by atoms with Gasteiger partial charge in [0.25, 0.3) is 0 Å². The molecule has 3 aromatic rings. The monoisotopic (exact) mass is 291 g/mol. The maximum Gasteiger partial charge on any atom is 0.179 e. The number of aromatic nitrogens is 1. The van der Waals surface area contributed by atoms with Crippen LogP contribution in [-0.4, -0.2) is 19.2 Å². The molecule has 0 unspecified atom stereocenters. The fourth-order valence-electron chi connectivity index (χ4n) is 3.13. The first kappa shape index (κ1) is 12.8. The van der Waals surface area contributed by atoms with Gasteiger partial charge in [-0.15, -0.1) is 0 Å². The minimum absolute atomic E-state index is 0.0428. The molecule has 1 heterocycles. The lowest BCUT2D eigenvalue weighted by atomic mass is 10.0. The number of pyridine rings is 1. The molecule has 0 saturated carbocycles. The fourth-order valence-corrected chi connectivity index (χ4v) is 3.13. The van der Waals surface area contributed by atoms with Crippen LogP contribution in [0.1, 0.15) is 0 Å². The Morgan fingerprint density at radius 2 is 1.86 bits per heavy atom. The molecule has 2 aromatic carbocycles. The van der Waals surface area contributed by atoms with Crippen LogP contribution in [0.5, 0.6) is 11.5 Å². The van der Waals surface area contributed by atoms with Crippen molar-refractivity contribution in [2.45, 2.75) is 0 Å². The summed E-state index contributed by atoms with van der Waals surface area (Å²) in [6.07, 6.45) is 1.75. The highest BCUT2D eigenvalue weighted by molar-refractivity contribution is 6.16. The van der Waals surface area contributed by atoms with Crippen LogP contribution in [-0.2, 0) is 0 Å². The van der Waals surface area contributed by atoms with Crippen molar-refractivity contribution in [1.29, 1.82) is 0 Å². The molecule has 0 bridgehead atoms. The number of fused-ring (bicyclic) bond motifs is 3. The average molecular weight is 291 g/mol. The Morgan fingerprint density at radius 1 is 1.00 bits per heavy atom. The molecule has 0 N–H and O–H groups in total. The van der Waals surface area contributed by atoms with Crippen molar-refractivity contribution in [2.24, 2.45) is 0 Å². The van der Waals surface area contributed by atoms with E-state index in [1.807, 2.05) is 18.2 Å². The zero-order chi connectivity index (χ0) is 15.3. The van der Waals surface area contributed by atoms with Crippen LogP contribution in [0, 0.1) is 0 Å². The molecule has 4 heteroatoms. The van der Waals surface area contributed by atoms with Gasteiger partial charge in [-0.25, -0.2) is 0 Å². The summed E-state index contributed by atoms with van der Waals surface area (Å²) in [6, 6.07) is 10.7. The van der Waals surface area contributed by atoms with Gasteiger partial charge >= 0.3 is 0 Å². The molecule has 0 radical (unpaired) electrons. The molecule has 108 valence electrons. The van der Waals surface area contributed by atoms with E-state index in [0.717, 1.165) is 33.2 Å². The summed E-state index contributed by atoms with van der Waals surface area (Å²) >= 11 is 0. The van der Waals surface area contributed by atoms with Crippen molar-refractivity contribution < 1.29 is 9.47 Å². The summed E-state index contributed by atoms with van der Waals surface area (Å²) < 4.78 is 11.1. The highest BCUT2D eigenvalue weighted by atomic mass is 16.5. The van der Waals surface area contributed by atoms with Crippen LogP contribution in [0.25, 0.3) is 33.2 Å². The summed E-state index contributed by atoms with van der Waals surface area (Å²) in [5, 5.41) is 2.02. The van der Waals surface area contributed by atoms with Gasteiger partial charge in [0.1, 0.15) is 0 Å². The maximum atomic E-state index is 11.9. The van der Waals surface area contributed by atoms with Crippen LogP contribution >= 0.6 is 0 Å². The fraction of sp³-hybridized carbons (Fsp3) is 0.111. The molecule has 0 spiro atoms. The predicted molar refractivity (Wildman–Crippen MR) is 85.5 cm³/mol. The third kappa shape index (κ3) is 1.58. The average Bonchev–Trinajstić information content (AvgIpc) is 2.71. The largest absolute Gasteiger partial charge is 0.493 e. The third-order valence-corrected chi connectivity index (χ3v) is 4.02. The van der Waals surface area contributed by atoms with Gasteiger partial charge in [0.15, 0.2) is 16.9 Å². The zero-order valence-electron chi connectivity index (χ0n) is 12.2. The van der Waals surface area contributed by atoms with Gasteiger partial charge in [-0.1, -0.05) is 12.1 Å². The highest BCUT2D eigenvalue weighted by Gasteiger charge is 2.27. The Balaban J connectivity index is 2.27. The second-order valence-corrected chi connectivity index (χ2v) is 5.14. The second kappa shape index (κ2) is 4.56. The number of nitrogens with zero attached hydrogens (tertiary/aromatic N) is 1. The lowest BCUT2D eigenvalue weighted by Gasteiger charge is -2.13. The number of rotatable bonds is 2. The minimum Gasteiger partial charge on any atom is -0.493 e. The van der Waals surface area contributed by atoms with E-state index in [4.69, 9.17) is 9.47 Å². The molecule has 0 saturated heterocycles. The molecular formula is C18H13NO3. The van der Waals surface area contributed by atoms with Gasteiger partial charge in [0.05, 0.1) is 19.9 Å². The van der Waals surface area contributed by atoms with Crippen molar-refractivity contribution in [3.05, 3.63) is 52.8 Å². The topological polar surface area (TPSA) is 48.4 Å². The Morgan fingerprint density at radius 3 is 2.64 bits per heavy atom. The number of ether oxygens (including phenoxy) is 2. The summed E-state index contributed by atoms with van der Waals surface area (Å²) in [7, 11) is 3.24. The van der Waals surface area contributed by atoms with Crippen LogP contribution in [0.2, 0.25) is 0 Å².